The first kappa shape index (κ1) is 28.4. The number of rotatable bonds is 9. The van der Waals surface area contributed by atoms with E-state index in [1.807, 2.05) is 0 Å². The standard InChI is InChI=1S/C23H29F3N6O4S/c1-36-17-12-32(13-17)16-4-7-20(14(10-16)8-9-27)30-11-19(22(29)33)21(28)31-15-2-5-18(6-3-15)37(34,35)23(24,25)26/h2-3,5-6,11,14,16-17,20,30H,4,7-8,10,12-13H2,1H3,(H2,28,31)(H2,29,33)/b19-11+/t14-,16?,20-/m0/s1. The first-order valence-corrected chi connectivity index (χ1v) is 13.0. The molecular weight excluding hydrogens is 513 g/mol. The van der Waals surface area contributed by atoms with Crippen LogP contribution < -0.4 is 16.4 Å². The highest BCUT2D eigenvalue weighted by atomic mass is 32.2. The van der Waals surface area contributed by atoms with Crippen LogP contribution in [0.2, 0.25) is 0 Å². The molecule has 10 nitrogen and oxygen atoms in total. The highest BCUT2D eigenvalue weighted by Crippen LogP contribution is 2.33. The number of nitrogens with zero attached hydrogens (tertiary/aromatic N) is 2. The van der Waals surface area contributed by atoms with E-state index in [1.54, 1.807) is 7.11 Å². The normalized spacial score (nSPS) is 23.5. The number of amidine groups is 1. The Kier molecular flexibility index (Phi) is 8.83. The average molecular weight is 543 g/mol. The van der Waals surface area contributed by atoms with Crippen molar-refractivity contribution in [3.05, 3.63) is 36.0 Å². The number of hydrogen-bond donors (Lipinski definition) is 4. The second kappa shape index (κ2) is 11.5. The van der Waals surface area contributed by atoms with Crippen LogP contribution in [0.4, 0.5) is 18.9 Å². The summed E-state index contributed by atoms with van der Waals surface area (Å²) in [7, 11) is -3.82. The van der Waals surface area contributed by atoms with Crippen LogP contribution in [0.5, 0.6) is 0 Å². The Hall–Kier alpha value is -3.15. The summed E-state index contributed by atoms with van der Waals surface area (Å²) in [6.07, 6.45) is 4.28. The minimum Gasteiger partial charge on any atom is -0.387 e. The van der Waals surface area contributed by atoms with Gasteiger partial charge in [-0.15, -0.1) is 0 Å². The van der Waals surface area contributed by atoms with E-state index < -0.39 is 32.0 Å². The third kappa shape index (κ3) is 6.60. The van der Waals surface area contributed by atoms with E-state index >= 15 is 0 Å². The van der Waals surface area contributed by atoms with E-state index in [0.29, 0.717) is 12.5 Å². The second-order valence-electron chi connectivity index (χ2n) is 9.07. The van der Waals surface area contributed by atoms with Crippen molar-refractivity contribution in [1.82, 2.24) is 10.2 Å². The van der Waals surface area contributed by atoms with Gasteiger partial charge in [0.05, 0.1) is 22.6 Å². The van der Waals surface area contributed by atoms with E-state index in [4.69, 9.17) is 15.9 Å². The Morgan fingerprint density at radius 3 is 2.49 bits per heavy atom. The van der Waals surface area contributed by atoms with Gasteiger partial charge in [-0.3, -0.25) is 15.1 Å². The number of carbonyl (C=O) groups excluding carboxylic acids is 1. The Morgan fingerprint density at radius 1 is 1.30 bits per heavy atom. The van der Waals surface area contributed by atoms with Crippen LogP contribution in [0.1, 0.15) is 25.7 Å². The molecule has 37 heavy (non-hydrogen) atoms. The lowest BCUT2D eigenvalue weighted by molar-refractivity contribution is -0.114. The molecule has 1 heterocycles. The fourth-order valence-corrected chi connectivity index (χ4v) is 5.33. The third-order valence-electron chi connectivity index (χ3n) is 6.75. The van der Waals surface area contributed by atoms with E-state index in [9.17, 15) is 31.6 Å². The summed E-state index contributed by atoms with van der Waals surface area (Å²) >= 11 is 0. The zero-order valence-corrected chi connectivity index (χ0v) is 20.9. The van der Waals surface area contributed by atoms with Crippen molar-refractivity contribution in [2.45, 2.75) is 54.3 Å². The number of nitriles is 1. The summed E-state index contributed by atoms with van der Waals surface area (Å²) < 4.78 is 66.5. The lowest BCUT2D eigenvalue weighted by Crippen LogP contribution is -2.58. The molecule has 14 heteroatoms. The summed E-state index contributed by atoms with van der Waals surface area (Å²) in [5.74, 6) is -1.33. The van der Waals surface area contributed by atoms with Gasteiger partial charge in [0, 0.05) is 50.6 Å². The molecule has 1 aliphatic heterocycles. The monoisotopic (exact) mass is 542 g/mol. The maximum absolute atomic E-state index is 12.7. The first-order valence-electron chi connectivity index (χ1n) is 11.5. The van der Waals surface area contributed by atoms with Gasteiger partial charge in [-0.25, -0.2) is 8.42 Å². The fourth-order valence-electron chi connectivity index (χ4n) is 4.57. The van der Waals surface area contributed by atoms with Gasteiger partial charge in [-0.1, -0.05) is 0 Å². The number of benzene rings is 1. The van der Waals surface area contributed by atoms with Crippen LogP contribution in [0.25, 0.3) is 0 Å². The molecular formula is C23H29F3N6O4S. The quantitative estimate of drug-likeness (QED) is 0.210. The molecule has 5 N–H and O–H groups in total. The topological polar surface area (TPSA) is 161 Å². The summed E-state index contributed by atoms with van der Waals surface area (Å²) in [4.78, 5) is 13.4. The largest absolute Gasteiger partial charge is 0.501 e. The Labute approximate surface area is 213 Å². The predicted octanol–water partition coefficient (Wildman–Crippen LogP) is 2.11. The van der Waals surface area contributed by atoms with E-state index in [1.165, 1.54) is 6.20 Å². The Balaban J connectivity index is 1.65. The maximum Gasteiger partial charge on any atom is 0.501 e. The molecule has 1 aliphatic carbocycles. The minimum atomic E-state index is -5.50. The van der Waals surface area contributed by atoms with Crippen molar-refractivity contribution < 1.29 is 31.1 Å². The Bertz CT molecular complexity index is 1170. The van der Waals surface area contributed by atoms with Crippen molar-refractivity contribution in [1.29, 1.82) is 10.7 Å². The summed E-state index contributed by atoms with van der Waals surface area (Å²) in [5.41, 5.74) is -0.123. The SMILES string of the molecule is COC1CN(C2CC[C@H](N/C=C(\C(=N)Nc3ccc(S(=O)(=O)C(F)(F)F)cc3)C(N)=O)[C@@H](CC#N)C2)C1. The number of methoxy groups -OCH3 is 1. The highest BCUT2D eigenvalue weighted by Gasteiger charge is 2.46. The molecule has 1 aromatic carbocycles. The zero-order valence-electron chi connectivity index (χ0n) is 20.1. The molecule has 1 saturated heterocycles. The first-order chi connectivity index (χ1) is 17.4. The number of ether oxygens (including phenoxy) is 1. The van der Waals surface area contributed by atoms with Crippen molar-refractivity contribution in [3.63, 3.8) is 0 Å². The molecule has 1 unspecified atom stereocenters. The number of carbonyl (C=O) groups is 1. The number of primary amides is 1. The number of amides is 1. The number of alkyl halides is 3. The predicted molar refractivity (Wildman–Crippen MR) is 129 cm³/mol. The molecule has 3 atom stereocenters. The molecule has 0 bridgehead atoms. The number of nitrogens with two attached hydrogens (primary N) is 1. The number of hydrogen-bond acceptors (Lipinski definition) is 8. The zero-order chi connectivity index (χ0) is 27.4. The molecule has 0 spiro atoms. The summed E-state index contributed by atoms with van der Waals surface area (Å²) in [6.45, 7) is 1.71. The van der Waals surface area contributed by atoms with Crippen LogP contribution in [0.3, 0.4) is 0 Å². The molecule has 2 fully saturated rings. The molecule has 3 rings (SSSR count). The molecule has 202 valence electrons. The van der Waals surface area contributed by atoms with Gasteiger partial charge in [0.2, 0.25) is 0 Å². The van der Waals surface area contributed by atoms with Gasteiger partial charge in [0.25, 0.3) is 15.7 Å². The van der Waals surface area contributed by atoms with Crippen LogP contribution >= 0.6 is 0 Å². The van der Waals surface area contributed by atoms with Gasteiger partial charge in [0.15, 0.2) is 0 Å². The maximum atomic E-state index is 12.7. The number of halogens is 3. The summed E-state index contributed by atoms with van der Waals surface area (Å²) in [6, 6.07) is 6.03. The van der Waals surface area contributed by atoms with E-state index in [2.05, 4.69) is 21.6 Å². The molecule has 0 radical (unpaired) electrons. The van der Waals surface area contributed by atoms with Gasteiger partial charge >= 0.3 is 5.51 Å². The average Bonchev–Trinajstić information content (AvgIpc) is 2.79. The van der Waals surface area contributed by atoms with Crippen molar-refractivity contribution in [2.75, 3.05) is 25.5 Å². The Morgan fingerprint density at radius 2 is 1.95 bits per heavy atom. The van der Waals surface area contributed by atoms with Gasteiger partial charge in [-0.2, -0.15) is 18.4 Å². The van der Waals surface area contributed by atoms with Crippen LogP contribution in [0.15, 0.2) is 40.9 Å². The number of likely N-dealkylation sites (tertiary alicyclic amines) is 1. The van der Waals surface area contributed by atoms with Crippen LogP contribution in [-0.2, 0) is 19.4 Å². The molecule has 1 aromatic rings. The number of nitrogens with one attached hydrogen (secondary N) is 3. The number of sulfone groups is 1. The second-order valence-corrected chi connectivity index (χ2v) is 11.0. The smallest absolute Gasteiger partial charge is 0.387 e. The van der Waals surface area contributed by atoms with Gasteiger partial charge in [0.1, 0.15) is 5.84 Å². The molecule has 2 aliphatic rings. The van der Waals surface area contributed by atoms with Gasteiger partial charge in [-0.05, 0) is 49.4 Å². The highest BCUT2D eigenvalue weighted by molar-refractivity contribution is 7.92. The molecule has 1 amide bonds. The number of anilines is 1. The van der Waals surface area contributed by atoms with Crippen LogP contribution in [0, 0.1) is 22.7 Å². The van der Waals surface area contributed by atoms with Crippen molar-refractivity contribution in [3.8, 4) is 6.07 Å². The lowest BCUT2D eigenvalue weighted by atomic mass is 9.78. The third-order valence-corrected chi connectivity index (χ3v) is 8.25. The minimum absolute atomic E-state index is 0.0148. The van der Waals surface area contributed by atoms with E-state index in [-0.39, 0.29) is 29.3 Å². The summed E-state index contributed by atoms with van der Waals surface area (Å²) in [5, 5.41) is 23.2. The lowest BCUT2D eigenvalue weighted by Gasteiger charge is -2.47. The fraction of sp³-hybridized carbons (Fsp3) is 0.522. The molecule has 0 aromatic heterocycles. The van der Waals surface area contributed by atoms with Crippen LogP contribution in [-0.4, -0.2) is 69.0 Å². The van der Waals surface area contributed by atoms with Crippen molar-refractivity contribution in [2.24, 2.45) is 11.7 Å². The van der Waals surface area contributed by atoms with Gasteiger partial charge < -0.3 is 21.1 Å². The van der Waals surface area contributed by atoms with E-state index in [0.717, 1.165) is 56.6 Å². The molecule has 1 saturated carbocycles. The van der Waals surface area contributed by atoms with Crippen molar-refractivity contribution >= 4 is 27.3 Å².